The minimum atomic E-state index is -0.0738. The van der Waals surface area contributed by atoms with Gasteiger partial charge in [0.05, 0.1) is 23.5 Å². The molecule has 1 amide bonds. The first kappa shape index (κ1) is 14.0. The van der Waals surface area contributed by atoms with Crippen molar-refractivity contribution in [3.63, 3.8) is 0 Å². The van der Waals surface area contributed by atoms with E-state index in [1.54, 1.807) is 29.3 Å². The number of hydrogen-bond acceptors (Lipinski definition) is 5. The Morgan fingerprint density at radius 1 is 1.38 bits per heavy atom. The molecule has 1 aliphatic rings. The van der Waals surface area contributed by atoms with Crippen LogP contribution in [0.2, 0.25) is 0 Å². The maximum atomic E-state index is 12.4. The van der Waals surface area contributed by atoms with Crippen LogP contribution in [0.5, 0.6) is 0 Å². The highest BCUT2D eigenvalue weighted by atomic mass is 16.1. The number of carbonyl (C=O) groups excluding carboxylic acids is 1. The first-order valence-corrected chi connectivity index (χ1v) is 7.28. The number of nitrogens with zero attached hydrogens (tertiary/aromatic N) is 4. The van der Waals surface area contributed by atoms with E-state index >= 15 is 0 Å². The van der Waals surface area contributed by atoms with Gasteiger partial charge in [0.25, 0.3) is 5.91 Å². The summed E-state index contributed by atoms with van der Waals surface area (Å²) in [5, 5.41) is 7.26. The molecular weight excluding hydrogens is 268 g/mol. The summed E-state index contributed by atoms with van der Waals surface area (Å²) >= 11 is 0. The smallest absolute Gasteiger partial charge is 0.255 e. The number of aromatic nitrogens is 3. The van der Waals surface area contributed by atoms with Crippen LogP contribution in [0, 0.1) is 0 Å². The Labute approximate surface area is 123 Å². The van der Waals surface area contributed by atoms with Gasteiger partial charge >= 0.3 is 0 Å². The number of amides is 1. The van der Waals surface area contributed by atoms with Crippen LogP contribution < -0.4 is 11.1 Å². The van der Waals surface area contributed by atoms with Gasteiger partial charge in [-0.05, 0) is 12.8 Å². The fraction of sp³-hybridized carbons (Fsp3) is 0.500. The zero-order valence-electron chi connectivity index (χ0n) is 11.9. The van der Waals surface area contributed by atoms with E-state index in [9.17, 15) is 4.79 Å². The monoisotopic (exact) mass is 288 g/mol. The van der Waals surface area contributed by atoms with E-state index in [-0.39, 0.29) is 11.9 Å². The maximum Gasteiger partial charge on any atom is 0.255 e. The molecule has 112 valence electrons. The Kier molecular flexibility index (Phi) is 4.12. The molecule has 1 aliphatic heterocycles. The standard InChI is InChI=1S/C14H20N6O/c15-3-7-19-5-1-11(2-6-19)18-14(21)12-9-17-20-8-4-16-10-13(12)20/h4,8-11H,1-3,5-7,15H2,(H,18,21). The SMILES string of the molecule is NCCN1CCC(NC(=O)c2cnn3ccncc23)CC1. The van der Waals surface area contributed by atoms with Crippen LogP contribution >= 0.6 is 0 Å². The second kappa shape index (κ2) is 6.19. The Balaban J connectivity index is 1.62. The maximum absolute atomic E-state index is 12.4. The fourth-order valence-electron chi connectivity index (χ4n) is 2.76. The number of rotatable bonds is 4. The molecule has 0 unspecified atom stereocenters. The number of hydrogen-bond donors (Lipinski definition) is 2. The van der Waals surface area contributed by atoms with E-state index in [4.69, 9.17) is 5.73 Å². The van der Waals surface area contributed by atoms with Gasteiger partial charge in [0, 0.05) is 44.6 Å². The van der Waals surface area contributed by atoms with Crippen molar-refractivity contribution >= 4 is 11.4 Å². The number of nitrogens with two attached hydrogens (primary N) is 1. The normalized spacial score (nSPS) is 17.2. The Morgan fingerprint density at radius 3 is 2.95 bits per heavy atom. The highest BCUT2D eigenvalue weighted by Crippen LogP contribution is 2.13. The summed E-state index contributed by atoms with van der Waals surface area (Å²) in [5.41, 5.74) is 6.87. The topological polar surface area (TPSA) is 88.5 Å². The van der Waals surface area contributed by atoms with E-state index in [2.05, 4.69) is 20.3 Å². The van der Waals surface area contributed by atoms with E-state index in [0.717, 1.165) is 38.0 Å². The molecule has 0 aromatic carbocycles. The molecule has 3 heterocycles. The minimum absolute atomic E-state index is 0.0738. The number of fused-ring (bicyclic) bond motifs is 1. The van der Waals surface area contributed by atoms with Crippen molar-refractivity contribution in [2.24, 2.45) is 5.73 Å². The molecule has 0 spiro atoms. The first-order chi connectivity index (χ1) is 10.3. The van der Waals surface area contributed by atoms with Gasteiger partial charge in [-0.1, -0.05) is 0 Å². The van der Waals surface area contributed by atoms with Crippen molar-refractivity contribution in [3.05, 3.63) is 30.4 Å². The predicted octanol–water partition coefficient (Wildman–Crippen LogP) is -0.118. The number of carbonyl (C=O) groups is 1. The van der Waals surface area contributed by atoms with Crippen molar-refractivity contribution in [1.82, 2.24) is 24.8 Å². The van der Waals surface area contributed by atoms with Crippen molar-refractivity contribution in [1.29, 1.82) is 0 Å². The summed E-state index contributed by atoms with van der Waals surface area (Å²) in [6.07, 6.45) is 8.56. The molecule has 7 nitrogen and oxygen atoms in total. The number of nitrogens with one attached hydrogen (secondary N) is 1. The van der Waals surface area contributed by atoms with Crippen LogP contribution in [0.1, 0.15) is 23.2 Å². The summed E-state index contributed by atoms with van der Waals surface area (Å²) in [6, 6.07) is 0.221. The molecule has 1 fully saturated rings. The van der Waals surface area contributed by atoms with Crippen LogP contribution in [0.3, 0.4) is 0 Å². The lowest BCUT2D eigenvalue weighted by Gasteiger charge is -2.31. The van der Waals surface area contributed by atoms with Gasteiger partial charge in [-0.2, -0.15) is 5.10 Å². The molecule has 0 atom stereocenters. The summed E-state index contributed by atoms with van der Waals surface area (Å²) < 4.78 is 1.66. The third kappa shape index (κ3) is 3.03. The van der Waals surface area contributed by atoms with Gasteiger partial charge in [-0.25, -0.2) is 4.52 Å². The van der Waals surface area contributed by atoms with Crippen molar-refractivity contribution < 1.29 is 4.79 Å². The third-order valence-corrected chi connectivity index (χ3v) is 3.94. The second-order valence-corrected chi connectivity index (χ2v) is 5.34. The van der Waals surface area contributed by atoms with Gasteiger partial charge in [-0.15, -0.1) is 0 Å². The molecule has 0 aliphatic carbocycles. The first-order valence-electron chi connectivity index (χ1n) is 7.28. The van der Waals surface area contributed by atoms with E-state index in [1.807, 2.05) is 0 Å². The molecule has 21 heavy (non-hydrogen) atoms. The third-order valence-electron chi connectivity index (χ3n) is 3.94. The van der Waals surface area contributed by atoms with Crippen LogP contribution in [-0.2, 0) is 0 Å². The molecule has 2 aromatic heterocycles. The Hall–Kier alpha value is -1.99. The molecule has 1 saturated heterocycles. The van der Waals surface area contributed by atoms with Gasteiger partial charge in [0.15, 0.2) is 0 Å². The number of likely N-dealkylation sites (tertiary alicyclic amines) is 1. The largest absolute Gasteiger partial charge is 0.349 e. The average Bonchev–Trinajstić information content (AvgIpc) is 2.93. The van der Waals surface area contributed by atoms with Crippen LogP contribution in [0.15, 0.2) is 24.8 Å². The van der Waals surface area contributed by atoms with E-state index in [1.165, 1.54) is 0 Å². The second-order valence-electron chi connectivity index (χ2n) is 5.34. The lowest BCUT2D eigenvalue weighted by molar-refractivity contribution is 0.0913. The Bertz CT molecular complexity index is 617. The molecule has 7 heteroatoms. The number of piperidine rings is 1. The highest BCUT2D eigenvalue weighted by Gasteiger charge is 2.22. The zero-order chi connectivity index (χ0) is 14.7. The fourth-order valence-corrected chi connectivity index (χ4v) is 2.76. The summed E-state index contributed by atoms with van der Waals surface area (Å²) in [6.45, 7) is 3.59. The van der Waals surface area contributed by atoms with E-state index < -0.39 is 0 Å². The van der Waals surface area contributed by atoms with Crippen molar-refractivity contribution in [2.45, 2.75) is 18.9 Å². The van der Waals surface area contributed by atoms with Gasteiger partial charge in [-0.3, -0.25) is 9.78 Å². The van der Waals surface area contributed by atoms with E-state index in [0.29, 0.717) is 12.1 Å². The van der Waals surface area contributed by atoms with Crippen LogP contribution in [-0.4, -0.2) is 57.6 Å². The van der Waals surface area contributed by atoms with Gasteiger partial charge < -0.3 is 16.0 Å². The zero-order valence-corrected chi connectivity index (χ0v) is 11.9. The lowest BCUT2D eigenvalue weighted by Crippen LogP contribution is -2.45. The van der Waals surface area contributed by atoms with Crippen molar-refractivity contribution in [2.75, 3.05) is 26.2 Å². The molecule has 0 saturated carbocycles. The quantitative estimate of drug-likeness (QED) is 0.819. The molecule has 0 bridgehead atoms. The lowest BCUT2D eigenvalue weighted by atomic mass is 10.0. The molecule has 3 N–H and O–H groups in total. The summed E-state index contributed by atoms with van der Waals surface area (Å²) in [5.74, 6) is -0.0738. The average molecular weight is 288 g/mol. The molecular formula is C14H20N6O. The van der Waals surface area contributed by atoms with Gasteiger partial charge in [0.2, 0.25) is 0 Å². The molecule has 2 aromatic rings. The van der Waals surface area contributed by atoms with Crippen LogP contribution in [0.4, 0.5) is 0 Å². The highest BCUT2D eigenvalue weighted by molar-refractivity contribution is 6.00. The predicted molar refractivity (Wildman–Crippen MR) is 79.0 cm³/mol. The van der Waals surface area contributed by atoms with Crippen molar-refractivity contribution in [3.8, 4) is 0 Å². The summed E-state index contributed by atoms with van der Waals surface area (Å²) in [4.78, 5) is 18.8. The molecule has 3 rings (SSSR count). The Morgan fingerprint density at radius 2 is 2.19 bits per heavy atom. The van der Waals surface area contributed by atoms with Crippen LogP contribution in [0.25, 0.3) is 5.52 Å². The minimum Gasteiger partial charge on any atom is -0.349 e. The summed E-state index contributed by atoms with van der Waals surface area (Å²) in [7, 11) is 0. The molecule has 0 radical (unpaired) electrons. The van der Waals surface area contributed by atoms with Gasteiger partial charge in [0.1, 0.15) is 0 Å².